The van der Waals surface area contributed by atoms with Gasteiger partial charge in [0.05, 0.1) is 10.6 Å². The maximum Gasteiger partial charge on any atom is 0.196 e. The Morgan fingerprint density at radius 3 is 2.50 bits per heavy atom. The average molecular weight is 392 g/mol. The van der Waals surface area contributed by atoms with Gasteiger partial charge in [-0.05, 0) is 52.3 Å². The van der Waals surface area contributed by atoms with Crippen LogP contribution >= 0.6 is 43.5 Å². The summed E-state index contributed by atoms with van der Waals surface area (Å²) < 4.78 is 14.9. The quantitative estimate of drug-likeness (QED) is 0.639. The topological polar surface area (TPSA) is 17.1 Å². The minimum Gasteiger partial charge on any atom is -0.288 e. The fraction of sp³-hybridized carbons (Fsp3) is 0. The monoisotopic (exact) mass is 390 g/mol. The number of benzene rings is 2. The van der Waals surface area contributed by atoms with E-state index in [1.165, 1.54) is 12.1 Å². The molecule has 92 valence electrons. The van der Waals surface area contributed by atoms with Crippen LogP contribution in [0.3, 0.4) is 0 Å². The van der Waals surface area contributed by atoms with Crippen LogP contribution in [0.1, 0.15) is 15.9 Å². The molecule has 0 spiro atoms. The van der Waals surface area contributed by atoms with Crippen molar-refractivity contribution in [2.75, 3.05) is 0 Å². The van der Waals surface area contributed by atoms with E-state index in [0.717, 1.165) is 0 Å². The number of hydrogen-bond donors (Lipinski definition) is 0. The lowest BCUT2D eigenvalue weighted by Gasteiger charge is -2.05. The summed E-state index contributed by atoms with van der Waals surface area (Å²) in [5, 5.41) is 0.501. The van der Waals surface area contributed by atoms with Crippen molar-refractivity contribution >= 4 is 49.2 Å². The van der Waals surface area contributed by atoms with Crippen molar-refractivity contribution in [3.63, 3.8) is 0 Å². The van der Waals surface area contributed by atoms with E-state index in [9.17, 15) is 9.18 Å². The highest BCUT2D eigenvalue weighted by Gasteiger charge is 2.15. The Morgan fingerprint density at radius 2 is 1.83 bits per heavy atom. The summed E-state index contributed by atoms with van der Waals surface area (Å²) in [4.78, 5) is 12.2. The SMILES string of the molecule is O=C(c1ccc(Cl)c(Br)c1)c1cc(Br)ccc1F. The molecule has 0 saturated carbocycles. The summed E-state index contributed by atoms with van der Waals surface area (Å²) in [6, 6.07) is 8.99. The Labute approximate surface area is 125 Å². The number of halogens is 4. The van der Waals surface area contributed by atoms with Gasteiger partial charge in [-0.1, -0.05) is 27.5 Å². The van der Waals surface area contributed by atoms with Crippen LogP contribution in [0.25, 0.3) is 0 Å². The summed E-state index contributed by atoms with van der Waals surface area (Å²) in [6.07, 6.45) is 0. The fourth-order valence-corrected chi connectivity index (χ4v) is 2.32. The molecule has 2 aromatic rings. The molecular weight excluding hydrogens is 386 g/mol. The van der Waals surface area contributed by atoms with Crippen molar-refractivity contribution in [2.45, 2.75) is 0 Å². The first-order chi connectivity index (χ1) is 8.49. The van der Waals surface area contributed by atoms with Crippen molar-refractivity contribution < 1.29 is 9.18 Å². The fourth-order valence-electron chi connectivity index (χ4n) is 1.46. The van der Waals surface area contributed by atoms with Gasteiger partial charge in [-0.25, -0.2) is 4.39 Å². The van der Waals surface area contributed by atoms with E-state index in [-0.39, 0.29) is 11.3 Å². The number of rotatable bonds is 2. The molecule has 0 aliphatic heterocycles. The minimum absolute atomic E-state index is 0.0265. The molecule has 0 radical (unpaired) electrons. The molecular formula is C13H6Br2ClFO. The number of hydrogen-bond acceptors (Lipinski definition) is 1. The zero-order valence-electron chi connectivity index (χ0n) is 8.88. The van der Waals surface area contributed by atoms with Crippen LogP contribution in [-0.4, -0.2) is 5.78 Å². The van der Waals surface area contributed by atoms with E-state index in [2.05, 4.69) is 31.9 Å². The minimum atomic E-state index is -0.547. The molecule has 2 rings (SSSR count). The van der Waals surface area contributed by atoms with Gasteiger partial charge in [-0.2, -0.15) is 0 Å². The van der Waals surface area contributed by atoms with Crippen molar-refractivity contribution in [2.24, 2.45) is 0 Å². The first-order valence-corrected chi connectivity index (χ1v) is 6.90. The van der Waals surface area contributed by atoms with Crippen LogP contribution in [0, 0.1) is 5.82 Å². The van der Waals surface area contributed by atoms with Gasteiger partial charge in [0, 0.05) is 14.5 Å². The normalized spacial score (nSPS) is 10.4. The third kappa shape index (κ3) is 2.82. The standard InChI is InChI=1S/C13H6Br2ClFO/c14-8-2-4-12(17)9(6-8)13(18)7-1-3-11(16)10(15)5-7/h1-6H. The lowest BCUT2D eigenvalue weighted by atomic mass is 10.0. The molecule has 0 heterocycles. The predicted octanol–water partition coefficient (Wildman–Crippen LogP) is 5.24. The zero-order valence-corrected chi connectivity index (χ0v) is 12.8. The van der Waals surface area contributed by atoms with Crippen LogP contribution < -0.4 is 0 Å². The van der Waals surface area contributed by atoms with Gasteiger partial charge in [-0.15, -0.1) is 0 Å². The zero-order chi connectivity index (χ0) is 13.3. The molecule has 0 fully saturated rings. The maximum absolute atomic E-state index is 13.6. The molecule has 0 aliphatic carbocycles. The van der Waals surface area contributed by atoms with Crippen LogP contribution in [0.2, 0.25) is 5.02 Å². The highest BCUT2D eigenvalue weighted by Crippen LogP contribution is 2.25. The summed E-state index contributed by atoms with van der Waals surface area (Å²) in [5.41, 5.74) is 0.405. The summed E-state index contributed by atoms with van der Waals surface area (Å²) >= 11 is 12.3. The molecule has 0 saturated heterocycles. The highest BCUT2D eigenvalue weighted by molar-refractivity contribution is 9.10. The van der Waals surface area contributed by atoms with Crippen LogP contribution in [0.4, 0.5) is 4.39 Å². The Hall–Kier alpha value is -0.710. The predicted molar refractivity (Wildman–Crippen MR) is 76.7 cm³/mol. The molecule has 0 atom stereocenters. The highest BCUT2D eigenvalue weighted by atomic mass is 79.9. The molecule has 0 bridgehead atoms. The summed E-state index contributed by atoms with van der Waals surface area (Å²) in [6.45, 7) is 0. The van der Waals surface area contributed by atoms with E-state index in [4.69, 9.17) is 11.6 Å². The van der Waals surface area contributed by atoms with Crippen LogP contribution in [-0.2, 0) is 0 Å². The van der Waals surface area contributed by atoms with Gasteiger partial charge in [0.25, 0.3) is 0 Å². The van der Waals surface area contributed by atoms with Crippen molar-refractivity contribution in [1.82, 2.24) is 0 Å². The summed E-state index contributed by atoms with van der Waals surface area (Å²) in [7, 11) is 0. The maximum atomic E-state index is 13.6. The lowest BCUT2D eigenvalue weighted by molar-refractivity contribution is 0.103. The molecule has 0 N–H and O–H groups in total. The Balaban J connectivity index is 2.47. The van der Waals surface area contributed by atoms with Gasteiger partial charge in [0.1, 0.15) is 5.82 Å². The van der Waals surface area contributed by atoms with Crippen molar-refractivity contribution in [3.8, 4) is 0 Å². The Kier molecular flexibility index (Phi) is 4.20. The number of carbonyl (C=O) groups excluding carboxylic acids is 1. The number of carbonyl (C=O) groups is 1. The smallest absolute Gasteiger partial charge is 0.196 e. The van der Waals surface area contributed by atoms with Gasteiger partial charge in [-0.3, -0.25) is 4.79 Å². The van der Waals surface area contributed by atoms with E-state index >= 15 is 0 Å². The second-order valence-electron chi connectivity index (χ2n) is 3.58. The van der Waals surface area contributed by atoms with Gasteiger partial charge >= 0.3 is 0 Å². The second-order valence-corrected chi connectivity index (χ2v) is 5.76. The van der Waals surface area contributed by atoms with E-state index in [0.29, 0.717) is 19.5 Å². The van der Waals surface area contributed by atoms with Crippen molar-refractivity contribution in [1.29, 1.82) is 0 Å². The Morgan fingerprint density at radius 1 is 1.11 bits per heavy atom. The molecule has 1 nitrogen and oxygen atoms in total. The van der Waals surface area contributed by atoms with E-state index in [1.807, 2.05) is 0 Å². The molecule has 18 heavy (non-hydrogen) atoms. The first-order valence-electron chi connectivity index (χ1n) is 4.94. The lowest BCUT2D eigenvalue weighted by Crippen LogP contribution is -2.04. The van der Waals surface area contributed by atoms with E-state index in [1.54, 1.807) is 24.3 Å². The van der Waals surface area contributed by atoms with E-state index < -0.39 is 5.82 Å². The van der Waals surface area contributed by atoms with Gasteiger partial charge in [0.2, 0.25) is 0 Å². The second kappa shape index (κ2) is 5.51. The average Bonchev–Trinajstić information content (AvgIpc) is 2.35. The third-order valence-corrected chi connectivity index (χ3v) is 4.06. The van der Waals surface area contributed by atoms with Gasteiger partial charge in [0.15, 0.2) is 5.78 Å². The molecule has 0 aromatic heterocycles. The molecule has 5 heteroatoms. The van der Waals surface area contributed by atoms with Crippen LogP contribution in [0.15, 0.2) is 45.3 Å². The molecule has 2 aromatic carbocycles. The molecule has 0 aliphatic rings. The largest absolute Gasteiger partial charge is 0.288 e. The molecule has 0 amide bonds. The molecule has 0 unspecified atom stereocenters. The first kappa shape index (κ1) is 13.7. The summed E-state index contributed by atoms with van der Waals surface area (Å²) in [5.74, 6) is -0.930. The number of ketones is 1. The van der Waals surface area contributed by atoms with Gasteiger partial charge < -0.3 is 0 Å². The Bertz CT molecular complexity index is 628. The third-order valence-electron chi connectivity index (χ3n) is 2.35. The van der Waals surface area contributed by atoms with Crippen molar-refractivity contribution in [3.05, 3.63) is 67.3 Å². The van der Waals surface area contributed by atoms with Crippen LogP contribution in [0.5, 0.6) is 0 Å².